The fourth-order valence-electron chi connectivity index (χ4n) is 5.28. The summed E-state index contributed by atoms with van der Waals surface area (Å²) in [5.74, 6) is -4.45. The van der Waals surface area contributed by atoms with E-state index in [-0.39, 0.29) is 43.4 Å². The second-order valence-corrected chi connectivity index (χ2v) is 10.6. The molecule has 2 amide bonds. The number of amides is 2. The number of imidazole rings is 1. The molecule has 2 fully saturated rings. The summed E-state index contributed by atoms with van der Waals surface area (Å²) in [7, 11) is 0. The number of nitrogens with one attached hydrogen (secondary N) is 3. The van der Waals surface area contributed by atoms with Gasteiger partial charge >= 0.3 is 6.18 Å². The van der Waals surface area contributed by atoms with Crippen molar-refractivity contribution in [3.05, 3.63) is 29.6 Å². The van der Waals surface area contributed by atoms with Crippen LogP contribution in [-0.4, -0.2) is 40.6 Å². The summed E-state index contributed by atoms with van der Waals surface area (Å²) in [6, 6.07) is 3.85. The Hall–Kier alpha value is -2.79. The van der Waals surface area contributed by atoms with Crippen molar-refractivity contribution in [1.29, 1.82) is 0 Å². The summed E-state index contributed by atoms with van der Waals surface area (Å²) >= 11 is 0. The van der Waals surface area contributed by atoms with Gasteiger partial charge < -0.3 is 15.6 Å². The first-order valence-electron chi connectivity index (χ1n) is 12.9. The molecule has 0 spiro atoms. The van der Waals surface area contributed by atoms with Gasteiger partial charge in [0, 0.05) is 25.2 Å². The summed E-state index contributed by atoms with van der Waals surface area (Å²) in [5.41, 5.74) is 1.75. The Morgan fingerprint density at radius 1 is 1.13 bits per heavy atom. The molecule has 0 unspecified atom stereocenters. The predicted octanol–water partition coefficient (Wildman–Crippen LogP) is 6.06. The van der Waals surface area contributed by atoms with E-state index in [0.717, 1.165) is 0 Å². The first kappa shape index (κ1) is 28.2. The molecule has 1 heterocycles. The van der Waals surface area contributed by atoms with Gasteiger partial charge in [-0.25, -0.2) is 13.8 Å². The quantitative estimate of drug-likeness (QED) is 0.334. The minimum absolute atomic E-state index is 0.193. The molecule has 1 aromatic carbocycles. The first-order valence-corrected chi connectivity index (χ1v) is 12.9. The lowest BCUT2D eigenvalue weighted by Crippen LogP contribution is -2.45. The van der Waals surface area contributed by atoms with Gasteiger partial charge in [0.05, 0.1) is 36.2 Å². The molecule has 2 saturated carbocycles. The third-order valence-corrected chi connectivity index (χ3v) is 7.82. The van der Waals surface area contributed by atoms with Crippen molar-refractivity contribution in [3.8, 4) is 0 Å². The molecule has 6 nitrogen and oxygen atoms in total. The fraction of sp³-hybridized carbons (Fsp3) is 0.654. The number of aromatic amines is 1. The maximum atomic E-state index is 13.8. The number of fused-ring (bicyclic) bond motifs is 1. The van der Waals surface area contributed by atoms with E-state index in [1.807, 2.05) is 0 Å². The molecule has 4 atom stereocenters. The molecule has 38 heavy (non-hydrogen) atoms. The molecule has 210 valence electrons. The minimum atomic E-state index is -4.42. The van der Waals surface area contributed by atoms with Crippen molar-refractivity contribution in [1.82, 2.24) is 20.6 Å². The zero-order valence-electron chi connectivity index (χ0n) is 21.0. The molecule has 0 bridgehead atoms. The maximum Gasteiger partial charge on any atom is 0.389 e. The van der Waals surface area contributed by atoms with Crippen molar-refractivity contribution < 1.29 is 35.9 Å². The second-order valence-electron chi connectivity index (χ2n) is 10.6. The van der Waals surface area contributed by atoms with Crippen LogP contribution in [0.1, 0.15) is 81.8 Å². The maximum absolute atomic E-state index is 13.8. The van der Waals surface area contributed by atoms with E-state index in [1.54, 1.807) is 25.1 Å². The van der Waals surface area contributed by atoms with E-state index >= 15 is 0 Å². The molecular formula is C26H32F6N4O2. The summed E-state index contributed by atoms with van der Waals surface area (Å²) in [6.07, 6.45) is -5.29. The molecule has 1 aromatic heterocycles. The Kier molecular flexibility index (Phi) is 8.27. The van der Waals surface area contributed by atoms with Crippen LogP contribution < -0.4 is 10.6 Å². The van der Waals surface area contributed by atoms with Gasteiger partial charge in [-0.2, -0.15) is 13.2 Å². The SMILES string of the molecule is C[C@@H](NC(=O)CCC(F)(F)F)c1ccc2nc([C@@H](NC(=O)[C@H]3CC[C@@H]3CF)C3CCC(F)(F)CC3)[nH]c2c1. The number of hydrogen-bond donors (Lipinski definition) is 3. The first-order chi connectivity index (χ1) is 17.8. The molecule has 2 aromatic rings. The largest absolute Gasteiger partial charge is 0.389 e. The van der Waals surface area contributed by atoms with Gasteiger partial charge in [0.2, 0.25) is 17.7 Å². The van der Waals surface area contributed by atoms with Crippen molar-refractivity contribution in [2.75, 3.05) is 6.67 Å². The summed E-state index contributed by atoms with van der Waals surface area (Å²) < 4.78 is 78.1. The molecule has 2 aliphatic rings. The van der Waals surface area contributed by atoms with Gasteiger partial charge in [0.15, 0.2) is 0 Å². The normalized spacial score (nSPS) is 23.4. The number of carbonyl (C=O) groups excluding carboxylic acids is 2. The van der Waals surface area contributed by atoms with Crippen LogP contribution in [0, 0.1) is 17.8 Å². The Balaban J connectivity index is 1.52. The number of aromatic nitrogens is 2. The average Bonchev–Trinajstić information content (AvgIpc) is 3.24. The van der Waals surface area contributed by atoms with Gasteiger partial charge in [-0.15, -0.1) is 0 Å². The molecule has 0 radical (unpaired) electrons. The Morgan fingerprint density at radius 2 is 1.84 bits per heavy atom. The zero-order valence-corrected chi connectivity index (χ0v) is 21.0. The van der Waals surface area contributed by atoms with Gasteiger partial charge in [-0.1, -0.05) is 6.07 Å². The molecule has 4 rings (SSSR count). The molecule has 2 aliphatic carbocycles. The highest BCUT2D eigenvalue weighted by Gasteiger charge is 2.42. The fourth-order valence-corrected chi connectivity index (χ4v) is 5.28. The third kappa shape index (κ3) is 6.79. The molecular weight excluding hydrogens is 514 g/mol. The van der Waals surface area contributed by atoms with E-state index in [1.165, 1.54) is 0 Å². The second kappa shape index (κ2) is 11.1. The van der Waals surface area contributed by atoms with Crippen LogP contribution >= 0.6 is 0 Å². The number of rotatable bonds is 9. The number of alkyl halides is 6. The van der Waals surface area contributed by atoms with Gasteiger partial charge in [-0.3, -0.25) is 14.0 Å². The Bertz CT molecular complexity index is 1140. The highest BCUT2D eigenvalue weighted by Crippen LogP contribution is 2.42. The zero-order chi connectivity index (χ0) is 27.7. The lowest BCUT2D eigenvalue weighted by molar-refractivity contribution is -0.144. The number of benzene rings is 1. The monoisotopic (exact) mass is 546 g/mol. The molecule has 0 saturated heterocycles. The number of H-pyrrole nitrogens is 1. The van der Waals surface area contributed by atoms with Crippen molar-refractivity contribution >= 4 is 22.8 Å². The Labute approximate surface area is 216 Å². The summed E-state index contributed by atoms with van der Waals surface area (Å²) in [5, 5.41) is 5.51. The van der Waals surface area contributed by atoms with Gasteiger partial charge in [0.1, 0.15) is 5.82 Å². The van der Waals surface area contributed by atoms with Crippen LogP contribution in [0.2, 0.25) is 0 Å². The van der Waals surface area contributed by atoms with Crippen LogP contribution in [0.3, 0.4) is 0 Å². The third-order valence-electron chi connectivity index (χ3n) is 7.82. The molecule has 12 heteroatoms. The number of hydrogen-bond acceptors (Lipinski definition) is 3. The molecule has 0 aliphatic heterocycles. The number of nitrogens with zero attached hydrogens (tertiary/aromatic N) is 1. The summed E-state index contributed by atoms with van der Waals surface area (Å²) in [6.45, 7) is 1.06. The van der Waals surface area contributed by atoms with Crippen molar-refractivity contribution in [2.24, 2.45) is 17.8 Å². The topological polar surface area (TPSA) is 86.9 Å². The smallest absolute Gasteiger partial charge is 0.350 e. The van der Waals surface area contributed by atoms with E-state index in [0.29, 0.717) is 35.3 Å². The van der Waals surface area contributed by atoms with Crippen molar-refractivity contribution in [3.63, 3.8) is 0 Å². The van der Waals surface area contributed by atoms with Crippen LogP contribution in [0.5, 0.6) is 0 Å². The number of halogens is 6. The van der Waals surface area contributed by atoms with Crippen LogP contribution in [0.15, 0.2) is 18.2 Å². The average molecular weight is 547 g/mol. The van der Waals surface area contributed by atoms with Crippen LogP contribution in [0.25, 0.3) is 11.0 Å². The minimum Gasteiger partial charge on any atom is -0.350 e. The lowest BCUT2D eigenvalue weighted by atomic mass is 9.73. The standard InChI is InChI=1S/C26H32F6N4O2/c1-14(33-21(37)8-11-26(30,31)32)16-3-5-19-20(12-16)35-23(34-19)22(15-6-9-25(28,29)10-7-15)36-24(38)18-4-2-17(18)13-27/h3,5,12,14-15,17-18,22H,2,4,6-11,13H2,1H3,(H,33,37)(H,34,35)(H,36,38)/t14-,17-,18+,22+/m1/s1. The predicted molar refractivity (Wildman–Crippen MR) is 128 cm³/mol. The van der Waals surface area contributed by atoms with Gasteiger partial charge in [-0.05, 0) is 62.1 Å². The van der Waals surface area contributed by atoms with Gasteiger partial charge in [0.25, 0.3) is 0 Å². The highest BCUT2D eigenvalue weighted by molar-refractivity contribution is 5.81. The summed E-state index contributed by atoms with van der Waals surface area (Å²) in [4.78, 5) is 32.6. The number of carbonyl (C=O) groups is 2. The van der Waals surface area contributed by atoms with Crippen LogP contribution in [-0.2, 0) is 9.59 Å². The van der Waals surface area contributed by atoms with E-state index in [4.69, 9.17) is 0 Å². The van der Waals surface area contributed by atoms with Crippen LogP contribution in [0.4, 0.5) is 26.3 Å². The highest BCUT2D eigenvalue weighted by atomic mass is 19.4. The van der Waals surface area contributed by atoms with Crippen molar-refractivity contribution in [2.45, 2.75) is 82.5 Å². The lowest BCUT2D eigenvalue weighted by Gasteiger charge is -2.37. The van der Waals surface area contributed by atoms with E-state index < -0.39 is 55.5 Å². The van der Waals surface area contributed by atoms with E-state index in [2.05, 4.69) is 20.6 Å². The van der Waals surface area contributed by atoms with E-state index in [9.17, 15) is 35.9 Å². The molecule has 3 N–H and O–H groups in total. The Morgan fingerprint density at radius 3 is 2.45 bits per heavy atom.